The van der Waals surface area contributed by atoms with Gasteiger partial charge >= 0.3 is 5.97 Å². The fourth-order valence-electron chi connectivity index (χ4n) is 2.54. The van der Waals surface area contributed by atoms with Crippen molar-refractivity contribution in [3.63, 3.8) is 0 Å². The molecule has 0 fully saturated rings. The van der Waals surface area contributed by atoms with E-state index in [4.69, 9.17) is 9.47 Å². The average molecular weight is 359 g/mol. The van der Waals surface area contributed by atoms with Crippen LogP contribution >= 0.6 is 0 Å². The van der Waals surface area contributed by atoms with Crippen molar-refractivity contribution in [3.8, 4) is 5.75 Å². The van der Waals surface area contributed by atoms with E-state index in [1.54, 1.807) is 24.7 Å². The van der Waals surface area contributed by atoms with Crippen LogP contribution in [0.1, 0.15) is 30.8 Å². The summed E-state index contributed by atoms with van der Waals surface area (Å²) in [5.74, 6) is -0.365. The molecule has 7 nitrogen and oxygen atoms in total. The van der Waals surface area contributed by atoms with Crippen molar-refractivity contribution in [2.75, 3.05) is 11.9 Å². The Kier molecular flexibility index (Phi) is 6.38. The molecule has 0 saturated carbocycles. The first kappa shape index (κ1) is 19.5. The van der Waals surface area contributed by atoms with Gasteiger partial charge in [0.05, 0.1) is 17.1 Å². The maximum absolute atomic E-state index is 12.3. The Morgan fingerprint density at radius 1 is 1.27 bits per heavy atom. The predicted molar refractivity (Wildman–Crippen MR) is 98.2 cm³/mol. The van der Waals surface area contributed by atoms with Crippen LogP contribution in [0.25, 0.3) is 0 Å². The first-order chi connectivity index (χ1) is 12.3. The van der Waals surface area contributed by atoms with Gasteiger partial charge in [0.25, 0.3) is 5.91 Å². The summed E-state index contributed by atoms with van der Waals surface area (Å²) in [5.41, 5.74) is 3.17. The molecule has 0 bridgehead atoms. The van der Waals surface area contributed by atoms with E-state index < -0.39 is 18.0 Å². The zero-order valence-electron chi connectivity index (χ0n) is 15.8. The molecule has 1 unspecified atom stereocenters. The van der Waals surface area contributed by atoms with E-state index in [1.165, 1.54) is 6.92 Å². The Labute approximate surface area is 153 Å². The third-order valence-electron chi connectivity index (χ3n) is 4.13. The Balaban J connectivity index is 1.89. The highest BCUT2D eigenvalue weighted by atomic mass is 16.6. The molecule has 0 radical (unpaired) electrons. The molecule has 1 amide bonds. The van der Waals surface area contributed by atoms with Gasteiger partial charge < -0.3 is 14.8 Å². The highest BCUT2D eigenvalue weighted by Crippen LogP contribution is 2.19. The summed E-state index contributed by atoms with van der Waals surface area (Å²) < 4.78 is 12.4. The first-order valence-electron chi connectivity index (χ1n) is 8.54. The number of nitrogens with zero attached hydrogens (tertiary/aromatic N) is 2. The van der Waals surface area contributed by atoms with Gasteiger partial charge in [-0.1, -0.05) is 25.1 Å². The van der Waals surface area contributed by atoms with E-state index in [9.17, 15) is 9.59 Å². The Morgan fingerprint density at radius 2 is 1.96 bits per heavy atom. The molecule has 2 rings (SSSR count). The van der Waals surface area contributed by atoms with Crippen molar-refractivity contribution in [1.82, 2.24) is 9.78 Å². The second-order valence-corrected chi connectivity index (χ2v) is 6.04. The van der Waals surface area contributed by atoms with Crippen LogP contribution in [-0.2, 0) is 27.8 Å². The third-order valence-corrected chi connectivity index (χ3v) is 4.13. The van der Waals surface area contributed by atoms with Crippen LogP contribution in [0.15, 0.2) is 24.3 Å². The molecule has 1 heterocycles. The van der Waals surface area contributed by atoms with E-state index >= 15 is 0 Å². The fourth-order valence-corrected chi connectivity index (χ4v) is 2.54. The van der Waals surface area contributed by atoms with Crippen LogP contribution in [0.4, 0.5) is 5.69 Å². The van der Waals surface area contributed by atoms with Gasteiger partial charge in [-0.05, 0) is 38.8 Å². The predicted octanol–water partition coefficient (Wildman–Crippen LogP) is 2.55. The molecule has 1 N–H and O–H groups in total. The number of esters is 1. The van der Waals surface area contributed by atoms with E-state index in [2.05, 4.69) is 10.4 Å². The SMILES string of the molecule is CCc1ccccc1OCC(=O)OC(C)C(=O)Nc1c(C)nn(C)c1C. The van der Waals surface area contributed by atoms with Crippen LogP contribution in [0.2, 0.25) is 0 Å². The number of carbonyl (C=O) groups excluding carboxylic acids is 2. The molecule has 26 heavy (non-hydrogen) atoms. The molecule has 1 aromatic carbocycles. The minimum absolute atomic E-state index is 0.250. The number of ether oxygens (including phenoxy) is 2. The van der Waals surface area contributed by atoms with Gasteiger partial charge in [-0.15, -0.1) is 0 Å². The monoisotopic (exact) mass is 359 g/mol. The highest BCUT2D eigenvalue weighted by Gasteiger charge is 2.21. The number of aryl methyl sites for hydroxylation is 3. The van der Waals surface area contributed by atoms with Crippen molar-refractivity contribution in [2.45, 2.75) is 40.2 Å². The van der Waals surface area contributed by atoms with Crippen molar-refractivity contribution in [1.29, 1.82) is 0 Å². The van der Waals surface area contributed by atoms with Crippen LogP contribution in [-0.4, -0.2) is 34.4 Å². The van der Waals surface area contributed by atoms with Crippen LogP contribution < -0.4 is 10.1 Å². The molecule has 0 aliphatic carbocycles. The molecule has 1 atom stereocenters. The molecule has 0 aliphatic rings. The van der Waals surface area contributed by atoms with Crippen molar-refractivity contribution >= 4 is 17.6 Å². The lowest BCUT2D eigenvalue weighted by Crippen LogP contribution is -2.32. The molecule has 0 spiro atoms. The second-order valence-electron chi connectivity index (χ2n) is 6.04. The lowest BCUT2D eigenvalue weighted by molar-refractivity contribution is -0.155. The molecule has 2 aromatic rings. The summed E-state index contributed by atoms with van der Waals surface area (Å²) in [5, 5.41) is 6.99. The highest BCUT2D eigenvalue weighted by molar-refractivity contribution is 5.96. The molecule has 7 heteroatoms. The zero-order chi connectivity index (χ0) is 19.3. The van der Waals surface area contributed by atoms with Crippen LogP contribution in [0.3, 0.4) is 0 Å². The van der Waals surface area contributed by atoms with Crippen LogP contribution in [0.5, 0.6) is 5.75 Å². The number of hydrogen-bond acceptors (Lipinski definition) is 5. The molecule has 0 aliphatic heterocycles. The molecule has 140 valence electrons. The quantitative estimate of drug-likeness (QED) is 0.768. The van der Waals surface area contributed by atoms with Gasteiger partial charge in [0.2, 0.25) is 0 Å². The third kappa shape index (κ3) is 4.62. The van der Waals surface area contributed by atoms with E-state index in [0.29, 0.717) is 17.1 Å². The summed E-state index contributed by atoms with van der Waals surface area (Å²) >= 11 is 0. The maximum atomic E-state index is 12.3. The standard InChI is InChI=1S/C19H25N3O4/c1-6-15-9-7-8-10-16(15)25-11-17(23)26-14(4)19(24)20-18-12(2)21-22(5)13(18)3/h7-10,14H,6,11H2,1-5H3,(H,20,24). The fraction of sp³-hybridized carbons (Fsp3) is 0.421. The summed E-state index contributed by atoms with van der Waals surface area (Å²) in [6, 6.07) is 7.50. The number of benzene rings is 1. The first-order valence-corrected chi connectivity index (χ1v) is 8.54. The lowest BCUT2D eigenvalue weighted by atomic mass is 10.1. The number of aromatic nitrogens is 2. The number of amides is 1. The Bertz CT molecular complexity index is 798. The second kappa shape index (κ2) is 8.51. The number of para-hydroxylation sites is 1. The lowest BCUT2D eigenvalue weighted by Gasteiger charge is -2.15. The number of nitrogens with one attached hydrogen (secondary N) is 1. The van der Waals surface area contributed by atoms with Crippen LogP contribution in [0, 0.1) is 13.8 Å². The molecule has 0 saturated heterocycles. The molecular formula is C19H25N3O4. The minimum Gasteiger partial charge on any atom is -0.482 e. The van der Waals surface area contributed by atoms with Crippen molar-refractivity contribution in [2.24, 2.45) is 7.05 Å². The summed E-state index contributed by atoms with van der Waals surface area (Å²) in [4.78, 5) is 24.2. The van der Waals surface area contributed by atoms with Gasteiger partial charge in [0, 0.05) is 7.05 Å². The number of rotatable bonds is 7. The van der Waals surface area contributed by atoms with E-state index in [1.807, 2.05) is 32.0 Å². The van der Waals surface area contributed by atoms with Gasteiger partial charge in [-0.2, -0.15) is 5.10 Å². The van der Waals surface area contributed by atoms with Crippen molar-refractivity contribution < 1.29 is 19.1 Å². The average Bonchev–Trinajstić information content (AvgIpc) is 2.86. The maximum Gasteiger partial charge on any atom is 0.344 e. The van der Waals surface area contributed by atoms with Crippen molar-refractivity contribution in [3.05, 3.63) is 41.2 Å². The normalized spacial score (nSPS) is 11.7. The summed E-state index contributed by atoms with van der Waals surface area (Å²) in [6.45, 7) is 6.94. The minimum atomic E-state index is -0.938. The largest absolute Gasteiger partial charge is 0.482 e. The van der Waals surface area contributed by atoms with E-state index in [-0.39, 0.29) is 6.61 Å². The summed E-state index contributed by atoms with van der Waals surface area (Å²) in [7, 11) is 1.80. The number of carbonyl (C=O) groups is 2. The van der Waals surface area contributed by atoms with Gasteiger partial charge in [-0.3, -0.25) is 9.48 Å². The number of hydrogen-bond donors (Lipinski definition) is 1. The van der Waals surface area contributed by atoms with Gasteiger partial charge in [-0.25, -0.2) is 4.79 Å². The van der Waals surface area contributed by atoms with Gasteiger partial charge in [0.1, 0.15) is 5.75 Å². The number of anilines is 1. The van der Waals surface area contributed by atoms with Gasteiger partial charge in [0.15, 0.2) is 12.7 Å². The molecule has 1 aromatic heterocycles. The van der Waals surface area contributed by atoms with E-state index in [0.717, 1.165) is 17.7 Å². The zero-order valence-corrected chi connectivity index (χ0v) is 15.8. The Hall–Kier alpha value is -2.83. The Morgan fingerprint density at radius 3 is 2.58 bits per heavy atom. The smallest absolute Gasteiger partial charge is 0.344 e. The molecular weight excluding hydrogens is 334 g/mol. The topological polar surface area (TPSA) is 82.4 Å². The summed E-state index contributed by atoms with van der Waals surface area (Å²) in [6.07, 6.45) is -0.139.